The summed E-state index contributed by atoms with van der Waals surface area (Å²) in [7, 11) is 1.56. The lowest BCUT2D eigenvalue weighted by molar-refractivity contribution is 0.0951. The first-order valence-electron chi connectivity index (χ1n) is 10.9. The molecule has 0 aliphatic carbocycles. The summed E-state index contributed by atoms with van der Waals surface area (Å²) in [6.45, 7) is 1.46. The monoisotopic (exact) mass is 483 g/mol. The van der Waals surface area contributed by atoms with Gasteiger partial charge in [-0.1, -0.05) is 17.7 Å². The summed E-state index contributed by atoms with van der Waals surface area (Å²) in [5.41, 5.74) is 2.03. The summed E-state index contributed by atoms with van der Waals surface area (Å²) in [6, 6.07) is 7.22. The number of hydrogen-bond acceptors (Lipinski definition) is 9. The molecular weight excluding hydrogens is 458 g/mol. The lowest BCUT2D eigenvalue weighted by atomic mass is 10.2. The fourth-order valence-electron chi connectivity index (χ4n) is 3.81. The average Bonchev–Trinajstić information content (AvgIpc) is 3.35. The smallest absolute Gasteiger partial charge is 0.256 e. The maximum absolute atomic E-state index is 13.0. The number of methoxy groups -OCH3 is 1. The van der Waals surface area contributed by atoms with Crippen molar-refractivity contribution in [3.05, 3.63) is 64.6 Å². The number of hydrogen-bond donors (Lipinski definition) is 3. The molecule has 1 aliphatic heterocycles. The van der Waals surface area contributed by atoms with Gasteiger partial charge in [0.25, 0.3) is 5.91 Å². The van der Waals surface area contributed by atoms with Gasteiger partial charge in [-0.25, -0.2) is 4.98 Å². The van der Waals surface area contributed by atoms with Gasteiger partial charge in [-0.3, -0.25) is 4.79 Å². The minimum Gasteiger partial charge on any atom is -0.495 e. The Morgan fingerprint density at radius 3 is 2.85 bits per heavy atom. The number of rotatable bonds is 9. The Kier molecular flexibility index (Phi) is 7.71. The van der Waals surface area contributed by atoms with Crippen LogP contribution >= 0.6 is 11.6 Å². The van der Waals surface area contributed by atoms with E-state index in [2.05, 4.69) is 30.8 Å². The molecule has 3 N–H and O–H groups in total. The van der Waals surface area contributed by atoms with Crippen LogP contribution in [0.15, 0.2) is 42.9 Å². The predicted octanol–water partition coefficient (Wildman–Crippen LogP) is 2.43. The zero-order valence-corrected chi connectivity index (χ0v) is 19.5. The maximum Gasteiger partial charge on any atom is 0.256 e. The minimum atomic E-state index is -0.321. The van der Waals surface area contributed by atoms with Gasteiger partial charge in [0, 0.05) is 32.0 Å². The molecule has 0 unspecified atom stereocenters. The molecule has 0 bridgehead atoms. The highest BCUT2D eigenvalue weighted by atomic mass is 35.5. The van der Waals surface area contributed by atoms with Gasteiger partial charge < -0.3 is 25.4 Å². The molecule has 3 heterocycles. The van der Waals surface area contributed by atoms with Crippen molar-refractivity contribution in [1.82, 2.24) is 25.5 Å². The summed E-state index contributed by atoms with van der Waals surface area (Å²) in [5, 5.41) is 23.9. The van der Waals surface area contributed by atoms with E-state index < -0.39 is 0 Å². The maximum atomic E-state index is 13.0. The van der Waals surface area contributed by atoms with Crippen LogP contribution in [0.3, 0.4) is 0 Å². The van der Waals surface area contributed by atoms with E-state index in [1.54, 1.807) is 37.7 Å². The first-order valence-corrected chi connectivity index (χ1v) is 11.3. The van der Waals surface area contributed by atoms with E-state index in [0.29, 0.717) is 41.2 Å². The van der Waals surface area contributed by atoms with E-state index in [9.17, 15) is 9.90 Å². The number of anilines is 2. The van der Waals surface area contributed by atoms with E-state index >= 15 is 0 Å². The average molecular weight is 484 g/mol. The first kappa shape index (κ1) is 23.7. The third kappa shape index (κ3) is 5.52. The zero-order chi connectivity index (χ0) is 23.9. The first-order chi connectivity index (χ1) is 16.6. The molecule has 1 aliphatic rings. The summed E-state index contributed by atoms with van der Waals surface area (Å²) in [6.07, 6.45) is 6.49. The second-order valence-corrected chi connectivity index (χ2v) is 8.27. The van der Waals surface area contributed by atoms with Gasteiger partial charge in [0.05, 0.1) is 31.0 Å². The van der Waals surface area contributed by atoms with Crippen LogP contribution in [0.25, 0.3) is 0 Å². The summed E-state index contributed by atoms with van der Waals surface area (Å²) < 4.78 is 5.21. The number of benzene rings is 1. The van der Waals surface area contributed by atoms with Crippen molar-refractivity contribution in [3.8, 4) is 5.75 Å². The molecule has 10 nitrogen and oxygen atoms in total. The topological polar surface area (TPSA) is 125 Å². The molecule has 0 saturated carbocycles. The van der Waals surface area contributed by atoms with Crippen molar-refractivity contribution in [3.63, 3.8) is 0 Å². The van der Waals surface area contributed by atoms with E-state index in [1.165, 1.54) is 6.20 Å². The van der Waals surface area contributed by atoms with E-state index in [1.807, 2.05) is 11.0 Å². The Morgan fingerprint density at radius 1 is 1.24 bits per heavy atom. The number of nitrogens with zero attached hydrogens (tertiary/aromatic N) is 5. The number of ether oxygens (including phenoxy) is 1. The van der Waals surface area contributed by atoms with Crippen molar-refractivity contribution >= 4 is 29.3 Å². The van der Waals surface area contributed by atoms with Crippen LogP contribution in [0.4, 0.5) is 11.8 Å². The lowest BCUT2D eigenvalue weighted by Crippen LogP contribution is -2.34. The summed E-state index contributed by atoms with van der Waals surface area (Å²) in [4.78, 5) is 24.0. The van der Waals surface area contributed by atoms with Crippen LogP contribution < -0.4 is 20.3 Å². The molecule has 178 valence electrons. The largest absolute Gasteiger partial charge is 0.495 e. The number of aliphatic hydroxyl groups is 1. The second kappa shape index (κ2) is 11.1. The number of amides is 1. The molecule has 34 heavy (non-hydrogen) atoms. The number of aliphatic hydroxyl groups excluding tert-OH is 1. The molecule has 1 fully saturated rings. The molecule has 4 rings (SSSR count). The van der Waals surface area contributed by atoms with Gasteiger partial charge in [-0.15, -0.1) is 0 Å². The van der Waals surface area contributed by atoms with Crippen LogP contribution in [0.5, 0.6) is 5.75 Å². The molecule has 1 amide bonds. The van der Waals surface area contributed by atoms with Crippen LogP contribution in [0.1, 0.15) is 34.3 Å². The van der Waals surface area contributed by atoms with E-state index in [4.69, 9.17) is 16.3 Å². The highest BCUT2D eigenvalue weighted by molar-refractivity contribution is 6.32. The number of carbonyl (C=O) groups is 1. The molecular formula is C23H26ClN7O3. The van der Waals surface area contributed by atoms with E-state index in [-0.39, 0.29) is 18.6 Å². The quantitative estimate of drug-likeness (QED) is 0.420. The normalized spacial score (nSPS) is 15.3. The third-order valence-corrected chi connectivity index (χ3v) is 5.94. The molecule has 2 aromatic heterocycles. The van der Waals surface area contributed by atoms with Gasteiger partial charge >= 0.3 is 0 Å². The SMILES string of the molecule is COc1ccc(CNc2nc(N3CCC[C@H]3CO)ncc2C(=O)NCc2ccnnc2)cc1Cl. The lowest BCUT2D eigenvalue weighted by Gasteiger charge is -2.24. The van der Waals surface area contributed by atoms with Gasteiger partial charge in [0.1, 0.15) is 17.1 Å². The Morgan fingerprint density at radius 2 is 2.12 bits per heavy atom. The highest BCUT2D eigenvalue weighted by Gasteiger charge is 2.27. The molecule has 11 heteroatoms. The van der Waals surface area contributed by atoms with Gasteiger partial charge in [-0.05, 0) is 42.2 Å². The van der Waals surface area contributed by atoms with Crippen molar-refractivity contribution in [1.29, 1.82) is 0 Å². The molecule has 1 aromatic carbocycles. The van der Waals surface area contributed by atoms with Crippen molar-refractivity contribution < 1.29 is 14.6 Å². The van der Waals surface area contributed by atoms with Crippen LogP contribution in [0.2, 0.25) is 5.02 Å². The third-order valence-electron chi connectivity index (χ3n) is 5.64. The molecule has 1 saturated heterocycles. The van der Waals surface area contributed by atoms with Crippen molar-refractivity contribution in [2.24, 2.45) is 0 Å². The van der Waals surface area contributed by atoms with Gasteiger partial charge in [-0.2, -0.15) is 15.2 Å². The van der Waals surface area contributed by atoms with Crippen LogP contribution in [-0.4, -0.2) is 57.5 Å². The van der Waals surface area contributed by atoms with Crippen LogP contribution in [0, 0.1) is 0 Å². The summed E-state index contributed by atoms with van der Waals surface area (Å²) >= 11 is 6.25. The Balaban J connectivity index is 1.56. The Bertz CT molecular complexity index is 1130. The standard InChI is InChI=1S/C23H26ClN7O3/c1-34-20-5-4-15(9-19(20)24)10-25-21-18(22(33)26-11-16-6-7-28-29-12-16)13-27-23(30-21)31-8-2-3-17(31)14-32/h4-7,9,12-13,17,32H,2-3,8,10-11,14H2,1H3,(H,26,33)(H,25,27,30)/t17-/m0/s1. The van der Waals surface area contributed by atoms with Crippen molar-refractivity contribution in [2.45, 2.75) is 32.0 Å². The molecule has 0 spiro atoms. The van der Waals surface area contributed by atoms with Crippen LogP contribution in [-0.2, 0) is 13.1 Å². The van der Waals surface area contributed by atoms with Gasteiger partial charge in [0.2, 0.25) is 5.95 Å². The fourth-order valence-corrected chi connectivity index (χ4v) is 4.09. The Hall–Kier alpha value is -3.50. The molecule has 3 aromatic rings. The predicted molar refractivity (Wildman–Crippen MR) is 128 cm³/mol. The Labute approximate surface area is 202 Å². The highest BCUT2D eigenvalue weighted by Crippen LogP contribution is 2.27. The number of carbonyl (C=O) groups excluding carboxylic acids is 1. The zero-order valence-electron chi connectivity index (χ0n) is 18.7. The van der Waals surface area contributed by atoms with Gasteiger partial charge in [0.15, 0.2) is 0 Å². The minimum absolute atomic E-state index is 0.0265. The molecule has 0 radical (unpaired) electrons. The van der Waals surface area contributed by atoms with Crippen molar-refractivity contribution in [2.75, 3.05) is 30.5 Å². The van der Waals surface area contributed by atoms with E-state index in [0.717, 1.165) is 30.5 Å². The number of nitrogens with one attached hydrogen (secondary N) is 2. The number of aromatic nitrogens is 4. The molecule has 1 atom stereocenters. The number of halogens is 1. The second-order valence-electron chi connectivity index (χ2n) is 7.86. The fraction of sp³-hybridized carbons (Fsp3) is 0.348. The summed E-state index contributed by atoms with van der Waals surface area (Å²) in [5.74, 6) is 1.14.